The molecule has 2 aliphatic heterocycles. The Morgan fingerprint density at radius 3 is 2.58 bits per heavy atom. The molecule has 36 heavy (non-hydrogen) atoms. The number of Topliss-reactive ketones (excluding diaryl/α,β-unsaturated/α-hetero) is 1. The normalized spacial score (nSPS) is 19.7. The predicted octanol–water partition coefficient (Wildman–Crippen LogP) is 6.43. The van der Waals surface area contributed by atoms with E-state index in [1.165, 1.54) is 0 Å². The van der Waals surface area contributed by atoms with E-state index in [-0.39, 0.29) is 18.0 Å². The fourth-order valence-electron chi connectivity index (χ4n) is 5.31. The lowest BCUT2D eigenvalue weighted by molar-refractivity contribution is -0.118. The number of rotatable bonds is 2. The standard InChI is InChI=1S/C29H27N3O3S/c1-29(2)15-21-26(23(33)16-29)27(18-12-13-24-25(14-18)35-17-34-24)32(22-11-7-6-10-20(22)31-21)28(36)30-19-8-4-3-5-9-19/h3-14,27,31H,15-17H2,1-2H3,(H,30,36). The van der Waals surface area contributed by atoms with Crippen molar-refractivity contribution in [3.05, 3.63) is 89.6 Å². The monoisotopic (exact) mass is 497 g/mol. The Labute approximate surface area is 215 Å². The van der Waals surface area contributed by atoms with Gasteiger partial charge in [0.15, 0.2) is 22.4 Å². The SMILES string of the molecule is CC1(C)CC(=O)C2=C(C1)Nc1ccccc1N(C(=S)Nc1ccccc1)C2c1ccc2c(c1)OCO2. The van der Waals surface area contributed by atoms with Crippen molar-refractivity contribution in [2.45, 2.75) is 32.7 Å². The van der Waals surface area contributed by atoms with Gasteiger partial charge in [0.25, 0.3) is 0 Å². The molecule has 6 nitrogen and oxygen atoms in total. The van der Waals surface area contributed by atoms with Crippen LogP contribution in [0.25, 0.3) is 0 Å². The quantitative estimate of drug-likeness (QED) is 0.396. The summed E-state index contributed by atoms with van der Waals surface area (Å²) in [5.41, 5.74) is 5.14. The summed E-state index contributed by atoms with van der Waals surface area (Å²) < 4.78 is 11.3. The number of nitrogens with zero attached hydrogens (tertiary/aromatic N) is 1. The molecule has 1 atom stereocenters. The Morgan fingerprint density at radius 1 is 1.00 bits per heavy atom. The van der Waals surface area contributed by atoms with E-state index in [1.807, 2.05) is 72.8 Å². The zero-order chi connectivity index (χ0) is 24.9. The number of ether oxygens (including phenoxy) is 2. The largest absolute Gasteiger partial charge is 0.454 e. The third-order valence-electron chi connectivity index (χ3n) is 6.86. The van der Waals surface area contributed by atoms with E-state index in [9.17, 15) is 4.79 Å². The third kappa shape index (κ3) is 3.99. The van der Waals surface area contributed by atoms with Gasteiger partial charge in [0, 0.05) is 23.4 Å². The maximum atomic E-state index is 13.8. The molecule has 7 heteroatoms. The minimum atomic E-state index is -0.446. The van der Waals surface area contributed by atoms with Crippen LogP contribution in [0, 0.1) is 5.41 Å². The summed E-state index contributed by atoms with van der Waals surface area (Å²) in [4.78, 5) is 15.9. The molecule has 0 bridgehead atoms. The Hall–Kier alpha value is -3.84. The van der Waals surface area contributed by atoms with Gasteiger partial charge in [-0.3, -0.25) is 4.79 Å². The fourth-order valence-corrected chi connectivity index (χ4v) is 5.64. The van der Waals surface area contributed by atoms with Gasteiger partial charge in [0.1, 0.15) is 0 Å². The molecule has 0 aromatic heterocycles. The number of hydrogen-bond acceptors (Lipinski definition) is 5. The van der Waals surface area contributed by atoms with Crippen molar-refractivity contribution >= 4 is 40.2 Å². The number of fused-ring (bicyclic) bond motifs is 2. The van der Waals surface area contributed by atoms with Crippen LogP contribution >= 0.6 is 12.2 Å². The summed E-state index contributed by atoms with van der Waals surface area (Å²) in [6.07, 6.45) is 1.23. The van der Waals surface area contributed by atoms with Crippen LogP contribution in [0.1, 0.15) is 38.3 Å². The zero-order valence-electron chi connectivity index (χ0n) is 20.2. The van der Waals surface area contributed by atoms with E-state index < -0.39 is 6.04 Å². The van der Waals surface area contributed by atoms with Crippen molar-refractivity contribution in [2.75, 3.05) is 22.3 Å². The summed E-state index contributed by atoms with van der Waals surface area (Å²) in [5.74, 6) is 1.50. The highest BCUT2D eigenvalue weighted by Crippen LogP contribution is 2.49. The molecule has 2 heterocycles. The average Bonchev–Trinajstić information content (AvgIpc) is 3.26. The highest BCUT2D eigenvalue weighted by atomic mass is 32.1. The van der Waals surface area contributed by atoms with Crippen LogP contribution in [-0.2, 0) is 4.79 Å². The van der Waals surface area contributed by atoms with Crippen molar-refractivity contribution in [2.24, 2.45) is 5.41 Å². The first-order valence-corrected chi connectivity index (χ1v) is 12.5. The van der Waals surface area contributed by atoms with Gasteiger partial charge in [-0.05, 0) is 66.0 Å². The molecule has 3 aromatic carbocycles. The summed E-state index contributed by atoms with van der Waals surface area (Å²) in [5, 5.41) is 7.52. The molecule has 6 rings (SSSR count). The number of hydrogen-bond donors (Lipinski definition) is 2. The first kappa shape index (κ1) is 22.6. The second-order valence-electron chi connectivity index (χ2n) is 10.2. The van der Waals surface area contributed by atoms with Crippen molar-refractivity contribution in [1.82, 2.24) is 0 Å². The molecule has 0 spiro atoms. The maximum Gasteiger partial charge on any atom is 0.231 e. The predicted molar refractivity (Wildman–Crippen MR) is 146 cm³/mol. The Morgan fingerprint density at radius 2 is 1.75 bits per heavy atom. The maximum absolute atomic E-state index is 13.8. The van der Waals surface area contributed by atoms with Crippen molar-refractivity contribution in [3.63, 3.8) is 0 Å². The van der Waals surface area contributed by atoms with Gasteiger partial charge in [0.2, 0.25) is 6.79 Å². The van der Waals surface area contributed by atoms with Crippen LogP contribution in [0.3, 0.4) is 0 Å². The number of anilines is 3. The van der Waals surface area contributed by atoms with Gasteiger partial charge in [-0.15, -0.1) is 0 Å². The minimum absolute atomic E-state index is 0.122. The van der Waals surface area contributed by atoms with Gasteiger partial charge in [-0.2, -0.15) is 0 Å². The van der Waals surface area contributed by atoms with Crippen LogP contribution in [0.2, 0.25) is 0 Å². The lowest BCUT2D eigenvalue weighted by Gasteiger charge is -2.38. The number of allylic oxidation sites excluding steroid dienone is 1. The third-order valence-corrected chi connectivity index (χ3v) is 7.16. The highest BCUT2D eigenvalue weighted by molar-refractivity contribution is 7.80. The number of carbonyl (C=O) groups excluding carboxylic acids is 1. The second kappa shape index (κ2) is 8.68. The van der Waals surface area contributed by atoms with Crippen molar-refractivity contribution < 1.29 is 14.3 Å². The number of ketones is 1. The van der Waals surface area contributed by atoms with E-state index in [4.69, 9.17) is 21.7 Å². The minimum Gasteiger partial charge on any atom is -0.454 e. The Bertz CT molecular complexity index is 1400. The molecule has 182 valence electrons. The topological polar surface area (TPSA) is 62.8 Å². The molecule has 0 fully saturated rings. The fraction of sp³-hybridized carbons (Fsp3) is 0.241. The molecule has 0 radical (unpaired) electrons. The van der Waals surface area contributed by atoms with E-state index in [0.29, 0.717) is 23.0 Å². The van der Waals surface area contributed by atoms with E-state index >= 15 is 0 Å². The van der Waals surface area contributed by atoms with Gasteiger partial charge in [-0.25, -0.2) is 0 Å². The molecular weight excluding hydrogens is 470 g/mol. The molecule has 0 amide bonds. The summed E-state index contributed by atoms with van der Waals surface area (Å²) in [7, 11) is 0. The number of nitrogens with one attached hydrogen (secondary N) is 2. The Balaban J connectivity index is 1.56. The number of thiocarbonyl (C=S) groups is 1. The van der Waals surface area contributed by atoms with Crippen LogP contribution in [0.4, 0.5) is 17.1 Å². The zero-order valence-corrected chi connectivity index (χ0v) is 21.0. The van der Waals surface area contributed by atoms with Crippen molar-refractivity contribution in [3.8, 4) is 11.5 Å². The smallest absolute Gasteiger partial charge is 0.231 e. The molecular formula is C29H27N3O3S. The van der Waals surface area contributed by atoms with Gasteiger partial charge in [0.05, 0.1) is 17.4 Å². The van der Waals surface area contributed by atoms with Crippen LogP contribution in [0.15, 0.2) is 84.1 Å². The van der Waals surface area contributed by atoms with Gasteiger partial charge >= 0.3 is 0 Å². The van der Waals surface area contributed by atoms with Crippen molar-refractivity contribution in [1.29, 1.82) is 0 Å². The van der Waals surface area contributed by atoms with Gasteiger partial charge < -0.3 is 25.0 Å². The molecule has 1 unspecified atom stereocenters. The average molecular weight is 498 g/mol. The van der Waals surface area contributed by atoms with E-state index in [0.717, 1.165) is 40.3 Å². The first-order chi connectivity index (χ1) is 17.4. The second-order valence-corrected chi connectivity index (χ2v) is 10.5. The van der Waals surface area contributed by atoms with Crippen LogP contribution < -0.4 is 25.0 Å². The molecule has 3 aliphatic rings. The van der Waals surface area contributed by atoms with E-state index in [1.54, 1.807) is 0 Å². The molecule has 0 saturated carbocycles. The molecule has 2 N–H and O–H groups in total. The summed E-state index contributed by atoms with van der Waals surface area (Å²) in [6.45, 7) is 4.47. The molecule has 0 saturated heterocycles. The highest BCUT2D eigenvalue weighted by Gasteiger charge is 2.43. The molecule has 3 aromatic rings. The number of para-hydroxylation sites is 3. The Kier molecular flexibility index (Phi) is 5.45. The van der Waals surface area contributed by atoms with Gasteiger partial charge in [-0.1, -0.05) is 50.2 Å². The summed E-state index contributed by atoms with van der Waals surface area (Å²) in [6, 6.07) is 23.3. The first-order valence-electron chi connectivity index (χ1n) is 12.1. The van der Waals surface area contributed by atoms with E-state index in [2.05, 4.69) is 29.4 Å². The van der Waals surface area contributed by atoms with Crippen LogP contribution in [0.5, 0.6) is 11.5 Å². The number of benzene rings is 3. The molecule has 1 aliphatic carbocycles. The summed E-state index contributed by atoms with van der Waals surface area (Å²) >= 11 is 6.04. The lowest BCUT2D eigenvalue weighted by Crippen LogP contribution is -2.41. The lowest BCUT2D eigenvalue weighted by atomic mass is 9.73. The van der Waals surface area contributed by atoms with Crippen LogP contribution in [-0.4, -0.2) is 17.7 Å². The number of carbonyl (C=O) groups is 1.